The predicted molar refractivity (Wildman–Crippen MR) is 90.7 cm³/mol. The summed E-state index contributed by atoms with van der Waals surface area (Å²) in [6.45, 7) is 2.92. The van der Waals surface area contributed by atoms with E-state index < -0.39 is 37.0 Å². The molecule has 24 heavy (non-hydrogen) atoms. The highest BCUT2D eigenvalue weighted by Crippen LogP contribution is 2.46. The number of hydrogen-bond donors (Lipinski definition) is 0. The van der Waals surface area contributed by atoms with Gasteiger partial charge in [-0.25, -0.2) is 4.39 Å². The lowest BCUT2D eigenvalue weighted by molar-refractivity contribution is -0.197. The Balaban J connectivity index is 1.82. The summed E-state index contributed by atoms with van der Waals surface area (Å²) >= 11 is 18.6. The fourth-order valence-electron chi connectivity index (χ4n) is 3.44. The Morgan fingerprint density at radius 3 is 2.46 bits per heavy atom. The average Bonchev–Trinajstić information content (AvgIpc) is 3.08. The molecule has 1 aromatic heterocycles. The van der Waals surface area contributed by atoms with E-state index in [1.54, 1.807) is 36.6 Å². The molecule has 0 bridgehead atoms. The van der Waals surface area contributed by atoms with Gasteiger partial charge in [-0.1, -0.05) is 34.8 Å². The van der Waals surface area contributed by atoms with Crippen LogP contribution in [-0.2, 0) is 14.2 Å². The van der Waals surface area contributed by atoms with Crippen LogP contribution < -0.4 is 0 Å². The van der Waals surface area contributed by atoms with Crippen molar-refractivity contribution in [2.75, 3.05) is 6.67 Å². The van der Waals surface area contributed by atoms with Gasteiger partial charge in [0.05, 0.1) is 15.6 Å². The molecule has 2 aliphatic rings. The Kier molecular flexibility index (Phi) is 4.03. The molecule has 4 rings (SSSR count). The third-order valence-corrected chi connectivity index (χ3v) is 5.38. The minimum atomic E-state index is -0.804. The number of fused-ring (bicyclic) bond motifs is 2. The van der Waals surface area contributed by atoms with Gasteiger partial charge < -0.3 is 18.8 Å². The van der Waals surface area contributed by atoms with Gasteiger partial charge in [0.25, 0.3) is 0 Å². The number of benzene rings is 1. The molecule has 0 aliphatic carbocycles. The van der Waals surface area contributed by atoms with E-state index in [-0.39, 0.29) is 0 Å². The van der Waals surface area contributed by atoms with E-state index in [4.69, 9.17) is 49.0 Å². The number of alkyl halides is 1. The smallest absolute Gasteiger partial charge is 0.164 e. The van der Waals surface area contributed by atoms with Crippen molar-refractivity contribution in [1.29, 1.82) is 0 Å². The van der Waals surface area contributed by atoms with E-state index in [0.29, 0.717) is 15.2 Å². The van der Waals surface area contributed by atoms with Gasteiger partial charge in [0.15, 0.2) is 12.0 Å². The molecule has 0 N–H and O–H groups in total. The zero-order valence-corrected chi connectivity index (χ0v) is 15.2. The maximum Gasteiger partial charge on any atom is 0.164 e. The highest BCUT2D eigenvalue weighted by atomic mass is 35.5. The van der Waals surface area contributed by atoms with Crippen LogP contribution in [-0.4, -0.2) is 35.3 Å². The fraction of sp³-hybridized carbons (Fsp3) is 0.500. The Morgan fingerprint density at radius 2 is 1.75 bits per heavy atom. The lowest BCUT2D eigenvalue weighted by Gasteiger charge is -2.25. The van der Waals surface area contributed by atoms with Crippen molar-refractivity contribution in [3.63, 3.8) is 0 Å². The average molecular weight is 395 g/mol. The molecule has 2 saturated heterocycles. The number of halogens is 4. The number of aromatic nitrogens is 1. The molecule has 8 heteroatoms. The van der Waals surface area contributed by atoms with E-state index in [0.717, 1.165) is 10.9 Å². The first-order chi connectivity index (χ1) is 11.3. The summed E-state index contributed by atoms with van der Waals surface area (Å²) in [4.78, 5) is 0. The molecule has 0 saturated carbocycles. The summed E-state index contributed by atoms with van der Waals surface area (Å²) in [5, 5.41) is 2.09. The van der Waals surface area contributed by atoms with Crippen LogP contribution in [0.25, 0.3) is 10.9 Å². The maximum atomic E-state index is 13.4. The summed E-state index contributed by atoms with van der Waals surface area (Å²) in [7, 11) is 0. The number of ether oxygens (including phenoxy) is 3. The first kappa shape index (κ1) is 16.9. The van der Waals surface area contributed by atoms with Gasteiger partial charge in [0, 0.05) is 5.39 Å². The summed E-state index contributed by atoms with van der Waals surface area (Å²) < 4.78 is 32.7. The van der Waals surface area contributed by atoms with Gasteiger partial charge in [-0.2, -0.15) is 0 Å². The number of nitrogens with zero attached hydrogens (tertiary/aromatic N) is 1. The molecule has 0 radical (unpaired) electrons. The topological polar surface area (TPSA) is 32.6 Å². The highest BCUT2D eigenvalue weighted by molar-refractivity contribution is 6.43. The summed E-state index contributed by atoms with van der Waals surface area (Å²) in [5.41, 5.74) is 0.742. The van der Waals surface area contributed by atoms with Crippen molar-refractivity contribution in [1.82, 2.24) is 4.57 Å². The van der Waals surface area contributed by atoms with Crippen LogP contribution in [0.1, 0.15) is 20.1 Å². The Labute approximate surface area is 153 Å². The van der Waals surface area contributed by atoms with Crippen molar-refractivity contribution in [3.05, 3.63) is 33.4 Å². The van der Waals surface area contributed by atoms with E-state index in [2.05, 4.69) is 0 Å². The van der Waals surface area contributed by atoms with Crippen LogP contribution in [0.2, 0.25) is 15.2 Å². The zero-order chi connectivity index (χ0) is 17.2. The fourth-order valence-corrected chi connectivity index (χ4v) is 4.07. The molecule has 2 unspecified atom stereocenters. The molecule has 2 aliphatic heterocycles. The zero-order valence-electron chi connectivity index (χ0n) is 12.9. The van der Waals surface area contributed by atoms with E-state index in [1.807, 2.05) is 0 Å². The number of hydrogen-bond acceptors (Lipinski definition) is 3. The van der Waals surface area contributed by atoms with Crippen molar-refractivity contribution in [3.8, 4) is 0 Å². The molecular weight excluding hydrogens is 380 g/mol. The second-order valence-corrected chi connectivity index (χ2v) is 7.65. The second kappa shape index (κ2) is 5.73. The Morgan fingerprint density at radius 1 is 1.08 bits per heavy atom. The van der Waals surface area contributed by atoms with Gasteiger partial charge in [-0.05, 0) is 32.0 Å². The third-order valence-electron chi connectivity index (χ3n) is 4.37. The molecule has 2 aromatic rings. The molecule has 3 heterocycles. The lowest BCUT2D eigenvalue weighted by Crippen LogP contribution is -2.30. The van der Waals surface area contributed by atoms with Crippen LogP contribution in [0.4, 0.5) is 4.39 Å². The molecule has 4 atom stereocenters. The Hall–Kier alpha value is -0.560. The van der Waals surface area contributed by atoms with Crippen molar-refractivity contribution >= 4 is 45.7 Å². The van der Waals surface area contributed by atoms with Crippen LogP contribution in [0, 0.1) is 0 Å². The minimum Gasteiger partial charge on any atom is -0.346 e. The first-order valence-corrected chi connectivity index (χ1v) is 8.66. The van der Waals surface area contributed by atoms with Gasteiger partial charge in [-0.3, -0.25) is 0 Å². The quantitative estimate of drug-likeness (QED) is 0.719. The maximum absolute atomic E-state index is 13.4. The van der Waals surface area contributed by atoms with Crippen LogP contribution in [0.3, 0.4) is 0 Å². The molecule has 4 nitrogen and oxygen atoms in total. The van der Waals surface area contributed by atoms with Crippen LogP contribution in [0.15, 0.2) is 18.2 Å². The van der Waals surface area contributed by atoms with E-state index >= 15 is 0 Å². The van der Waals surface area contributed by atoms with Gasteiger partial charge in [0.2, 0.25) is 0 Å². The number of rotatable bonds is 2. The standard InChI is InChI=1S/C16H15Cl3FNO3/c1-16(2)23-13-11(6-20)22-15(14(13)24-16)21-10-5-9(18)8(17)3-7(10)4-12(21)19/h3-5,11,13-15H,6H2,1-2H3/t11-,13?,14?,15-/m1/s1. The molecule has 0 amide bonds. The molecule has 130 valence electrons. The summed E-state index contributed by atoms with van der Waals surface area (Å²) in [6, 6.07) is 5.21. The monoisotopic (exact) mass is 393 g/mol. The van der Waals surface area contributed by atoms with Gasteiger partial charge in [-0.15, -0.1) is 0 Å². The van der Waals surface area contributed by atoms with Crippen molar-refractivity contribution in [2.45, 2.75) is 44.2 Å². The largest absolute Gasteiger partial charge is 0.346 e. The van der Waals surface area contributed by atoms with Gasteiger partial charge in [0.1, 0.15) is 30.1 Å². The van der Waals surface area contributed by atoms with E-state index in [9.17, 15) is 4.39 Å². The second-order valence-electron chi connectivity index (χ2n) is 6.45. The van der Waals surface area contributed by atoms with E-state index in [1.165, 1.54) is 0 Å². The van der Waals surface area contributed by atoms with Crippen molar-refractivity contribution < 1.29 is 18.6 Å². The normalized spacial score (nSPS) is 31.8. The van der Waals surface area contributed by atoms with Crippen LogP contribution in [0.5, 0.6) is 0 Å². The summed E-state index contributed by atoms with van der Waals surface area (Å²) in [6.07, 6.45) is -2.28. The molecule has 2 fully saturated rings. The predicted octanol–water partition coefficient (Wildman–Crippen LogP) is 4.99. The summed E-state index contributed by atoms with van der Waals surface area (Å²) in [5.74, 6) is -0.804. The molecule has 1 aromatic carbocycles. The molecular formula is C16H15Cl3FNO3. The van der Waals surface area contributed by atoms with Crippen molar-refractivity contribution in [2.24, 2.45) is 0 Å². The Bertz CT molecular complexity index is 809. The highest BCUT2D eigenvalue weighted by Gasteiger charge is 2.56. The van der Waals surface area contributed by atoms with Gasteiger partial charge >= 0.3 is 0 Å². The molecule has 0 spiro atoms. The first-order valence-electron chi connectivity index (χ1n) is 7.53. The SMILES string of the molecule is CC1(C)OC2C(O1)[C@@H](CF)O[C@H]2n1c(Cl)cc2cc(Cl)c(Cl)cc21. The third kappa shape index (κ3) is 2.54. The lowest BCUT2D eigenvalue weighted by atomic mass is 10.1. The van der Waals surface area contributed by atoms with Crippen LogP contribution >= 0.6 is 34.8 Å². The minimum absolute atomic E-state index is 0.403.